The minimum Gasteiger partial charge on any atom is -0.315 e. The minimum absolute atomic E-state index is 0.0611. The van der Waals surface area contributed by atoms with Gasteiger partial charge < -0.3 is 5.32 Å². The van der Waals surface area contributed by atoms with Gasteiger partial charge in [-0.1, -0.05) is 36.4 Å². The molecule has 1 aromatic heterocycles. The maximum atomic E-state index is 13.8. The number of hydrogen-bond donors (Lipinski definition) is 1. The van der Waals surface area contributed by atoms with Gasteiger partial charge in [0.1, 0.15) is 23.1 Å². The van der Waals surface area contributed by atoms with Crippen LogP contribution in [0.5, 0.6) is 0 Å². The molecule has 0 saturated heterocycles. The number of anilines is 1. The molecule has 0 fully saturated rings. The summed E-state index contributed by atoms with van der Waals surface area (Å²) < 4.78 is 16.8. The van der Waals surface area contributed by atoms with Gasteiger partial charge in [-0.05, 0) is 31.2 Å². The van der Waals surface area contributed by atoms with Gasteiger partial charge in [-0.3, -0.25) is 14.3 Å². The molecule has 0 spiro atoms. The van der Waals surface area contributed by atoms with E-state index in [0.29, 0.717) is 11.4 Å². The van der Waals surface area contributed by atoms with Crippen LogP contribution >= 0.6 is 0 Å². The van der Waals surface area contributed by atoms with Crippen LogP contribution in [0, 0.1) is 24.1 Å². The molecular weight excluding hydrogens is 359 g/mol. The molecule has 0 unspecified atom stereocenters. The summed E-state index contributed by atoms with van der Waals surface area (Å²) in [6.07, 6.45) is 1.15. The molecule has 0 radical (unpaired) electrons. The Balaban J connectivity index is 1.98. The molecule has 6 nitrogen and oxygen atoms in total. The van der Waals surface area contributed by atoms with Gasteiger partial charge in [-0.15, -0.1) is 0 Å². The van der Waals surface area contributed by atoms with Gasteiger partial charge in [0, 0.05) is 12.6 Å². The highest BCUT2D eigenvalue weighted by Crippen LogP contribution is 2.16. The number of nitriles is 1. The molecule has 3 rings (SSSR count). The number of nitrogens with one attached hydrogen (secondary N) is 1. The van der Waals surface area contributed by atoms with Crippen LogP contribution in [-0.4, -0.2) is 15.3 Å². The molecule has 0 atom stereocenters. The number of hydrogen-bond acceptors (Lipinski definition) is 3. The quantitative estimate of drug-likeness (QED) is 0.561. The molecule has 0 aliphatic carbocycles. The maximum Gasteiger partial charge on any atom is 0.295 e. The molecular formula is C21H17FN4O2. The zero-order valence-corrected chi connectivity index (χ0v) is 15.3. The molecule has 0 aliphatic rings. The van der Waals surface area contributed by atoms with Crippen molar-refractivity contribution in [3.63, 3.8) is 0 Å². The summed E-state index contributed by atoms with van der Waals surface area (Å²) in [4.78, 5) is 25.4. The van der Waals surface area contributed by atoms with Gasteiger partial charge in [0.05, 0.1) is 11.4 Å². The number of amides is 1. The van der Waals surface area contributed by atoms with E-state index in [0.717, 1.165) is 6.08 Å². The minimum atomic E-state index is -0.781. The van der Waals surface area contributed by atoms with Crippen LogP contribution in [0.1, 0.15) is 11.3 Å². The fourth-order valence-electron chi connectivity index (χ4n) is 2.79. The van der Waals surface area contributed by atoms with Gasteiger partial charge in [0.2, 0.25) is 0 Å². The van der Waals surface area contributed by atoms with E-state index < -0.39 is 17.3 Å². The van der Waals surface area contributed by atoms with Gasteiger partial charge >= 0.3 is 0 Å². The Hall–Kier alpha value is -3.92. The first-order chi connectivity index (χ1) is 13.4. The van der Waals surface area contributed by atoms with Crippen molar-refractivity contribution in [2.75, 3.05) is 5.32 Å². The molecule has 0 aliphatic heterocycles. The first kappa shape index (κ1) is 18.9. The third-order valence-electron chi connectivity index (χ3n) is 4.36. The monoisotopic (exact) mass is 376 g/mol. The Morgan fingerprint density at radius 1 is 1.14 bits per heavy atom. The van der Waals surface area contributed by atoms with E-state index in [1.807, 2.05) is 6.07 Å². The number of aromatic nitrogens is 2. The van der Waals surface area contributed by atoms with Gasteiger partial charge in [-0.2, -0.15) is 5.26 Å². The van der Waals surface area contributed by atoms with E-state index >= 15 is 0 Å². The molecule has 1 amide bonds. The first-order valence-corrected chi connectivity index (χ1v) is 8.45. The summed E-state index contributed by atoms with van der Waals surface area (Å²) in [5, 5.41) is 11.8. The lowest BCUT2D eigenvalue weighted by Gasteiger charge is -2.07. The molecule has 0 saturated carbocycles. The molecule has 1 heterocycles. The summed E-state index contributed by atoms with van der Waals surface area (Å²) in [7, 11) is 1.69. The maximum absolute atomic E-state index is 13.8. The third-order valence-corrected chi connectivity index (χ3v) is 4.36. The lowest BCUT2D eigenvalue weighted by atomic mass is 10.1. The summed E-state index contributed by atoms with van der Waals surface area (Å²) in [5.41, 5.74) is 0.597. The van der Waals surface area contributed by atoms with Crippen LogP contribution in [0.3, 0.4) is 0 Å². The number of para-hydroxylation sites is 1. The largest absolute Gasteiger partial charge is 0.315 e. The number of nitrogens with zero attached hydrogens (tertiary/aromatic N) is 3. The van der Waals surface area contributed by atoms with Crippen molar-refractivity contribution in [2.45, 2.75) is 6.92 Å². The Morgan fingerprint density at radius 2 is 1.79 bits per heavy atom. The summed E-state index contributed by atoms with van der Waals surface area (Å²) >= 11 is 0. The molecule has 28 heavy (non-hydrogen) atoms. The smallest absolute Gasteiger partial charge is 0.295 e. The SMILES string of the molecule is Cc1c(NC(=O)/C(C#N)=C/c2ccccc2F)c(=O)n(-c2ccccc2)n1C. The number of carbonyl (C=O) groups is 1. The zero-order chi connectivity index (χ0) is 20.3. The van der Waals surface area contributed by atoms with E-state index in [9.17, 15) is 19.2 Å². The normalized spacial score (nSPS) is 11.1. The Kier molecular flexibility index (Phi) is 5.23. The van der Waals surface area contributed by atoms with E-state index in [2.05, 4.69) is 5.32 Å². The second-order valence-electron chi connectivity index (χ2n) is 6.08. The predicted molar refractivity (Wildman–Crippen MR) is 104 cm³/mol. The Morgan fingerprint density at radius 3 is 2.43 bits per heavy atom. The molecule has 2 aromatic carbocycles. The molecule has 140 valence electrons. The van der Waals surface area contributed by atoms with Gasteiger partial charge in [0.15, 0.2) is 0 Å². The van der Waals surface area contributed by atoms with Crippen molar-refractivity contribution in [1.82, 2.24) is 9.36 Å². The van der Waals surface area contributed by atoms with Crippen molar-refractivity contribution in [1.29, 1.82) is 5.26 Å². The topological polar surface area (TPSA) is 79.8 Å². The van der Waals surface area contributed by atoms with Crippen LogP contribution in [0.4, 0.5) is 10.1 Å². The molecule has 7 heteroatoms. The second-order valence-corrected chi connectivity index (χ2v) is 6.08. The standard InChI is InChI=1S/C21H17FN4O2/c1-14-19(21(28)26(25(14)2)17-9-4-3-5-10-17)24-20(27)16(13-23)12-15-8-6-7-11-18(15)22/h3-12H,1-2H3,(H,24,27)/b16-12+. The highest BCUT2D eigenvalue weighted by atomic mass is 19.1. The first-order valence-electron chi connectivity index (χ1n) is 8.45. The highest BCUT2D eigenvalue weighted by Gasteiger charge is 2.20. The van der Waals surface area contributed by atoms with Crippen molar-refractivity contribution >= 4 is 17.7 Å². The molecule has 3 aromatic rings. The zero-order valence-electron chi connectivity index (χ0n) is 15.3. The Bertz CT molecular complexity index is 1170. The van der Waals surface area contributed by atoms with Crippen molar-refractivity contribution in [2.24, 2.45) is 7.05 Å². The van der Waals surface area contributed by atoms with Crippen LogP contribution < -0.4 is 10.9 Å². The van der Waals surface area contributed by atoms with Gasteiger partial charge in [0.25, 0.3) is 11.5 Å². The van der Waals surface area contributed by atoms with E-state index in [1.165, 1.54) is 22.9 Å². The van der Waals surface area contributed by atoms with Crippen LogP contribution in [0.25, 0.3) is 11.8 Å². The van der Waals surface area contributed by atoms with E-state index in [-0.39, 0.29) is 16.8 Å². The molecule has 0 bridgehead atoms. The lowest BCUT2D eigenvalue weighted by molar-refractivity contribution is -0.112. The molecule has 1 N–H and O–H groups in total. The van der Waals surface area contributed by atoms with Crippen molar-refractivity contribution < 1.29 is 9.18 Å². The van der Waals surface area contributed by atoms with Gasteiger partial charge in [-0.25, -0.2) is 9.07 Å². The average molecular weight is 376 g/mol. The van der Waals surface area contributed by atoms with Crippen molar-refractivity contribution in [3.8, 4) is 11.8 Å². The number of halogens is 1. The van der Waals surface area contributed by atoms with E-state index in [1.54, 1.807) is 55.1 Å². The van der Waals surface area contributed by atoms with Crippen LogP contribution in [-0.2, 0) is 11.8 Å². The number of rotatable bonds is 4. The number of carbonyl (C=O) groups excluding carboxylic acids is 1. The third kappa shape index (κ3) is 3.48. The highest BCUT2D eigenvalue weighted by molar-refractivity contribution is 6.09. The second kappa shape index (κ2) is 7.76. The van der Waals surface area contributed by atoms with Crippen LogP contribution in [0.2, 0.25) is 0 Å². The fraction of sp³-hybridized carbons (Fsp3) is 0.0952. The van der Waals surface area contributed by atoms with Crippen molar-refractivity contribution in [3.05, 3.63) is 87.6 Å². The predicted octanol–water partition coefficient (Wildman–Crippen LogP) is 3.17. The summed E-state index contributed by atoms with van der Waals surface area (Å²) in [6.45, 7) is 1.68. The number of benzene rings is 2. The average Bonchev–Trinajstić information content (AvgIpc) is 2.91. The fourth-order valence-corrected chi connectivity index (χ4v) is 2.79. The van der Waals surface area contributed by atoms with Crippen LogP contribution in [0.15, 0.2) is 65.0 Å². The summed E-state index contributed by atoms with van der Waals surface area (Å²) in [6, 6.07) is 16.5. The Labute approximate surface area is 160 Å². The lowest BCUT2D eigenvalue weighted by Crippen LogP contribution is -2.23. The van der Waals surface area contributed by atoms with E-state index in [4.69, 9.17) is 0 Å². The summed E-state index contributed by atoms with van der Waals surface area (Å²) in [5.74, 6) is -1.33.